The van der Waals surface area contributed by atoms with Gasteiger partial charge >= 0.3 is 0 Å². The monoisotopic (exact) mass is 410 g/mol. The van der Waals surface area contributed by atoms with Crippen LogP contribution in [0.4, 0.5) is 28.4 Å². The van der Waals surface area contributed by atoms with Crippen LogP contribution in [0, 0.1) is 17.0 Å². The predicted octanol–water partition coefficient (Wildman–Crippen LogP) is 7.11. The van der Waals surface area contributed by atoms with Crippen molar-refractivity contribution in [2.75, 3.05) is 11.9 Å². The van der Waals surface area contributed by atoms with E-state index in [0.29, 0.717) is 28.7 Å². The maximum atomic E-state index is 10.8. The number of non-ortho nitro benzene ring substituents is 1. The Bertz CT molecular complexity index is 1040. The first-order valence-electron chi connectivity index (χ1n) is 8.92. The first-order valence-corrected chi connectivity index (χ1v) is 9.30. The largest absolute Gasteiger partial charge is 0.494 e. The molecule has 8 heteroatoms. The highest BCUT2D eigenvalue weighted by molar-refractivity contribution is 6.30. The molecule has 3 aromatic carbocycles. The molecule has 0 spiro atoms. The predicted molar refractivity (Wildman–Crippen MR) is 114 cm³/mol. The molecule has 0 amide bonds. The maximum Gasteiger partial charge on any atom is 0.269 e. The number of nitro groups is 1. The van der Waals surface area contributed by atoms with Crippen molar-refractivity contribution in [3.8, 4) is 5.75 Å². The second-order valence-corrected chi connectivity index (χ2v) is 6.61. The molecule has 1 N–H and O–H groups in total. The molecule has 0 aliphatic carbocycles. The number of ether oxygens (including phenoxy) is 1. The highest BCUT2D eigenvalue weighted by Gasteiger charge is 2.10. The molecule has 0 bridgehead atoms. The van der Waals surface area contributed by atoms with E-state index in [1.165, 1.54) is 12.1 Å². The molecule has 3 aromatic rings. The Kier molecular flexibility index (Phi) is 6.41. The number of hydrogen-bond donors (Lipinski definition) is 1. The molecule has 0 aromatic heterocycles. The minimum Gasteiger partial charge on any atom is -0.494 e. The van der Waals surface area contributed by atoms with E-state index in [-0.39, 0.29) is 5.69 Å². The van der Waals surface area contributed by atoms with E-state index in [1.54, 1.807) is 24.3 Å². The summed E-state index contributed by atoms with van der Waals surface area (Å²) in [7, 11) is 0. The van der Waals surface area contributed by atoms with Crippen molar-refractivity contribution in [3.05, 3.63) is 81.4 Å². The Morgan fingerprint density at radius 1 is 1.07 bits per heavy atom. The molecule has 3 rings (SSSR count). The van der Waals surface area contributed by atoms with Gasteiger partial charge in [0.15, 0.2) is 0 Å². The van der Waals surface area contributed by atoms with Gasteiger partial charge in [-0.3, -0.25) is 10.1 Å². The van der Waals surface area contributed by atoms with Gasteiger partial charge in [-0.2, -0.15) is 5.11 Å². The van der Waals surface area contributed by atoms with E-state index in [1.807, 2.05) is 38.1 Å². The Labute approximate surface area is 173 Å². The first kappa shape index (κ1) is 20.3. The lowest BCUT2D eigenvalue weighted by atomic mass is 10.1. The Morgan fingerprint density at radius 3 is 2.38 bits per heavy atom. The van der Waals surface area contributed by atoms with Gasteiger partial charge in [0.2, 0.25) is 0 Å². The smallest absolute Gasteiger partial charge is 0.269 e. The summed E-state index contributed by atoms with van der Waals surface area (Å²) in [6.07, 6.45) is 0. The van der Waals surface area contributed by atoms with Gasteiger partial charge in [-0.1, -0.05) is 11.6 Å². The minimum absolute atomic E-state index is 0.00551. The lowest BCUT2D eigenvalue weighted by Gasteiger charge is -2.14. The van der Waals surface area contributed by atoms with E-state index in [4.69, 9.17) is 16.3 Å². The van der Waals surface area contributed by atoms with Gasteiger partial charge in [-0.05, 0) is 61.9 Å². The number of hydrogen-bond acceptors (Lipinski definition) is 6. The minimum atomic E-state index is -0.453. The number of benzene rings is 3. The van der Waals surface area contributed by atoms with Gasteiger partial charge in [0, 0.05) is 28.9 Å². The van der Waals surface area contributed by atoms with Crippen molar-refractivity contribution in [2.24, 2.45) is 10.2 Å². The second kappa shape index (κ2) is 9.16. The van der Waals surface area contributed by atoms with Crippen LogP contribution in [0.25, 0.3) is 0 Å². The Morgan fingerprint density at radius 2 is 1.76 bits per heavy atom. The van der Waals surface area contributed by atoms with Gasteiger partial charge < -0.3 is 10.1 Å². The number of nitro benzene ring substituents is 1. The molecular formula is C21H19ClN4O3. The van der Waals surface area contributed by atoms with Crippen LogP contribution in [0.15, 0.2) is 70.9 Å². The number of rotatable bonds is 7. The highest BCUT2D eigenvalue weighted by atomic mass is 35.5. The quantitative estimate of drug-likeness (QED) is 0.255. The van der Waals surface area contributed by atoms with Crippen LogP contribution in [0.5, 0.6) is 5.75 Å². The molecule has 0 saturated heterocycles. The number of anilines is 2. The highest BCUT2D eigenvalue weighted by Crippen LogP contribution is 2.36. The Hall–Kier alpha value is -3.45. The number of nitrogens with zero attached hydrogens (tertiary/aromatic N) is 3. The van der Waals surface area contributed by atoms with Crippen LogP contribution in [-0.2, 0) is 0 Å². The van der Waals surface area contributed by atoms with Crippen LogP contribution in [-0.4, -0.2) is 11.5 Å². The summed E-state index contributed by atoms with van der Waals surface area (Å²) < 4.78 is 5.69. The van der Waals surface area contributed by atoms with Crippen LogP contribution in [0.2, 0.25) is 5.02 Å². The van der Waals surface area contributed by atoms with E-state index in [9.17, 15) is 10.1 Å². The molecule has 0 fully saturated rings. The number of aryl methyl sites for hydroxylation is 1. The van der Waals surface area contributed by atoms with Crippen LogP contribution >= 0.6 is 11.6 Å². The van der Waals surface area contributed by atoms with Gasteiger partial charge in [0.25, 0.3) is 5.69 Å². The molecule has 29 heavy (non-hydrogen) atoms. The zero-order valence-electron chi connectivity index (χ0n) is 15.9. The van der Waals surface area contributed by atoms with Crippen molar-refractivity contribution in [1.29, 1.82) is 0 Å². The van der Waals surface area contributed by atoms with E-state index in [0.717, 1.165) is 17.0 Å². The van der Waals surface area contributed by atoms with Crippen molar-refractivity contribution in [1.82, 2.24) is 0 Å². The first-order chi connectivity index (χ1) is 14.0. The van der Waals surface area contributed by atoms with E-state index >= 15 is 0 Å². The molecule has 0 unspecified atom stereocenters. The van der Waals surface area contributed by atoms with Gasteiger partial charge in [0.1, 0.15) is 11.4 Å². The standard InChI is InChI=1S/C21H19ClN4O3/c1-3-29-21-13-19(23-16-6-4-15(22)5-7-16)20(12-14(21)2)25-24-17-8-10-18(11-9-17)26(27)28/h4-13,23H,3H2,1-2H3. The van der Waals surface area contributed by atoms with Crippen molar-refractivity contribution >= 4 is 40.0 Å². The molecule has 148 valence electrons. The topological polar surface area (TPSA) is 89.1 Å². The molecular weight excluding hydrogens is 392 g/mol. The average Bonchev–Trinajstić information content (AvgIpc) is 2.71. The molecule has 7 nitrogen and oxygen atoms in total. The van der Waals surface area contributed by atoms with Gasteiger partial charge in [-0.25, -0.2) is 0 Å². The lowest BCUT2D eigenvalue weighted by Crippen LogP contribution is -1.97. The SMILES string of the molecule is CCOc1cc(Nc2ccc(Cl)cc2)c(N=Nc2ccc([N+](=O)[O-])cc2)cc1C. The maximum absolute atomic E-state index is 10.8. The van der Waals surface area contributed by atoms with Gasteiger partial charge in [0.05, 0.1) is 22.9 Å². The zero-order valence-corrected chi connectivity index (χ0v) is 16.7. The van der Waals surface area contributed by atoms with E-state index < -0.39 is 4.92 Å². The molecule has 0 aliphatic rings. The summed E-state index contributed by atoms with van der Waals surface area (Å²) in [5.74, 6) is 0.748. The van der Waals surface area contributed by atoms with Gasteiger partial charge in [-0.15, -0.1) is 5.11 Å². The summed E-state index contributed by atoms with van der Waals surface area (Å²) in [6.45, 7) is 4.40. The third-order valence-electron chi connectivity index (χ3n) is 4.05. The summed E-state index contributed by atoms with van der Waals surface area (Å²) in [4.78, 5) is 10.3. The Balaban J connectivity index is 1.93. The van der Waals surface area contributed by atoms with Crippen LogP contribution < -0.4 is 10.1 Å². The number of nitrogens with one attached hydrogen (secondary N) is 1. The summed E-state index contributed by atoms with van der Waals surface area (Å²) in [5.41, 5.74) is 3.61. The molecule has 0 aliphatic heterocycles. The zero-order chi connectivity index (χ0) is 20.8. The fourth-order valence-corrected chi connectivity index (χ4v) is 2.73. The third-order valence-corrected chi connectivity index (χ3v) is 4.30. The molecule has 0 saturated carbocycles. The number of azo groups is 1. The fraction of sp³-hybridized carbons (Fsp3) is 0.143. The van der Waals surface area contributed by atoms with Crippen molar-refractivity contribution in [3.63, 3.8) is 0 Å². The third kappa shape index (κ3) is 5.30. The molecule has 0 radical (unpaired) electrons. The van der Waals surface area contributed by atoms with Crippen LogP contribution in [0.3, 0.4) is 0 Å². The summed E-state index contributed by atoms with van der Waals surface area (Å²) >= 11 is 5.96. The molecule has 0 heterocycles. The van der Waals surface area contributed by atoms with E-state index in [2.05, 4.69) is 15.5 Å². The average molecular weight is 411 g/mol. The lowest BCUT2D eigenvalue weighted by molar-refractivity contribution is -0.384. The van der Waals surface area contributed by atoms with Crippen molar-refractivity contribution < 1.29 is 9.66 Å². The second-order valence-electron chi connectivity index (χ2n) is 6.17. The summed E-state index contributed by atoms with van der Waals surface area (Å²) in [6, 6.07) is 16.9. The molecule has 0 atom stereocenters. The summed E-state index contributed by atoms with van der Waals surface area (Å²) in [5, 5.41) is 23.3. The fourth-order valence-electron chi connectivity index (χ4n) is 2.61. The van der Waals surface area contributed by atoms with Crippen molar-refractivity contribution in [2.45, 2.75) is 13.8 Å². The van der Waals surface area contributed by atoms with Crippen LogP contribution in [0.1, 0.15) is 12.5 Å². The number of halogens is 1. The normalized spacial score (nSPS) is 10.9.